The summed E-state index contributed by atoms with van der Waals surface area (Å²) in [5.74, 6) is -0.829. The molecule has 3 atom stereocenters. The SMILES string of the molecule is O=C(O)C12CCN(CCCC1O)C2. The minimum Gasteiger partial charge on any atom is -0.481 e. The molecule has 2 aliphatic heterocycles. The van der Waals surface area contributed by atoms with Gasteiger partial charge in [0, 0.05) is 6.54 Å². The van der Waals surface area contributed by atoms with Gasteiger partial charge in [0.25, 0.3) is 0 Å². The molecule has 2 saturated heterocycles. The molecule has 4 nitrogen and oxygen atoms in total. The predicted octanol–water partition coefficient (Wildman–Crippen LogP) is -0.0822. The van der Waals surface area contributed by atoms with Crippen LogP contribution in [0.1, 0.15) is 19.3 Å². The van der Waals surface area contributed by atoms with Crippen molar-refractivity contribution in [1.29, 1.82) is 0 Å². The number of aliphatic hydroxyl groups is 1. The molecule has 0 aromatic rings. The molecule has 0 saturated carbocycles. The summed E-state index contributed by atoms with van der Waals surface area (Å²) in [4.78, 5) is 13.3. The lowest BCUT2D eigenvalue weighted by Gasteiger charge is -2.27. The van der Waals surface area contributed by atoms with Crippen LogP contribution in [-0.4, -0.2) is 46.8 Å². The topological polar surface area (TPSA) is 60.8 Å². The molecule has 0 aromatic heterocycles. The monoisotopic (exact) mass is 185 g/mol. The Morgan fingerprint density at radius 3 is 2.92 bits per heavy atom. The maximum Gasteiger partial charge on any atom is 0.313 e. The highest BCUT2D eigenvalue weighted by Gasteiger charge is 2.51. The highest BCUT2D eigenvalue weighted by molar-refractivity contribution is 5.76. The first-order valence-corrected chi connectivity index (χ1v) is 4.79. The zero-order chi connectivity index (χ0) is 9.47. The predicted molar refractivity (Wildman–Crippen MR) is 46.4 cm³/mol. The van der Waals surface area contributed by atoms with E-state index in [1.165, 1.54) is 0 Å². The van der Waals surface area contributed by atoms with Gasteiger partial charge in [-0.1, -0.05) is 0 Å². The van der Waals surface area contributed by atoms with Crippen molar-refractivity contribution in [2.75, 3.05) is 19.6 Å². The van der Waals surface area contributed by atoms with Crippen molar-refractivity contribution in [3.8, 4) is 0 Å². The van der Waals surface area contributed by atoms with Gasteiger partial charge in [0.15, 0.2) is 0 Å². The number of hydrogen-bond donors (Lipinski definition) is 2. The van der Waals surface area contributed by atoms with E-state index in [1.54, 1.807) is 0 Å². The summed E-state index contributed by atoms with van der Waals surface area (Å²) in [7, 11) is 0. The number of nitrogens with zero attached hydrogens (tertiary/aromatic N) is 1. The Kier molecular flexibility index (Phi) is 2.04. The number of carbonyl (C=O) groups is 1. The highest BCUT2D eigenvalue weighted by atomic mass is 16.4. The molecular weight excluding hydrogens is 170 g/mol. The minimum absolute atomic E-state index is 0.531. The second kappa shape index (κ2) is 2.96. The lowest BCUT2D eigenvalue weighted by Crippen LogP contribution is -2.43. The highest BCUT2D eigenvalue weighted by Crippen LogP contribution is 2.38. The van der Waals surface area contributed by atoms with Crippen molar-refractivity contribution < 1.29 is 15.0 Å². The Morgan fingerprint density at radius 1 is 1.46 bits per heavy atom. The lowest BCUT2D eigenvalue weighted by molar-refractivity contribution is -0.155. The first kappa shape index (κ1) is 8.97. The van der Waals surface area contributed by atoms with Crippen LogP contribution in [0, 0.1) is 5.41 Å². The molecule has 0 aliphatic carbocycles. The molecule has 74 valence electrons. The fourth-order valence-corrected chi connectivity index (χ4v) is 2.48. The Balaban J connectivity index is 2.27. The summed E-state index contributed by atoms with van der Waals surface area (Å²) >= 11 is 0. The van der Waals surface area contributed by atoms with Gasteiger partial charge < -0.3 is 15.1 Å². The molecule has 2 aliphatic rings. The van der Waals surface area contributed by atoms with E-state index in [2.05, 4.69) is 4.90 Å². The van der Waals surface area contributed by atoms with Gasteiger partial charge in [-0.25, -0.2) is 0 Å². The van der Waals surface area contributed by atoms with Crippen molar-refractivity contribution in [1.82, 2.24) is 4.90 Å². The van der Waals surface area contributed by atoms with Crippen molar-refractivity contribution in [2.24, 2.45) is 5.41 Å². The number of aliphatic carboxylic acids is 1. The smallest absolute Gasteiger partial charge is 0.313 e. The zero-order valence-corrected chi connectivity index (χ0v) is 7.57. The minimum atomic E-state index is -0.865. The van der Waals surface area contributed by atoms with Crippen LogP contribution in [0.3, 0.4) is 0 Å². The van der Waals surface area contributed by atoms with Gasteiger partial charge in [0.2, 0.25) is 0 Å². The van der Waals surface area contributed by atoms with Crippen molar-refractivity contribution in [3.63, 3.8) is 0 Å². The Morgan fingerprint density at radius 2 is 2.23 bits per heavy atom. The van der Waals surface area contributed by atoms with Crippen molar-refractivity contribution in [3.05, 3.63) is 0 Å². The van der Waals surface area contributed by atoms with Crippen LogP contribution in [0.2, 0.25) is 0 Å². The number of fused-ring (bicyclic) bond motifs is 2. The van der Waals surface area contributed by atoms with Gasteiger partial charge in [-0.05, 0) is 32.4 Å². The van der Waals surface area contributed by atoms with E-state index < -0.39 is 17.5 Å². The second-order valence-corrected chi connectivity index (χ2v) is 4.15. The number of carboxylic acid groups (broad SMARTS) is 1. The maximum atomic E-state index is 11.1. The maximum absolute atomic E-state index is 11.1. The number of hydrogen-bond acceptors (Lipinski definition) is 3. The van der Waals surface area contributed by atoms with Crippen molar-refractivity contribution in [2.45, 2.75) is 25.4 Å². The second-order valence-electron chi connectivity index (χ2n) is 4.15. The van der Waals surface area contributed by atoms with Crippen LogP contribution in [-0.2, 0) is 4.79 Å². The van der Waals surface area contributed by atoms with E-state index in [1.807, 2.05) is 0 Å². The van der Waals surface area contributed by atoms with E-state index in [0.717, 1.165) is 19.5 Å². The van der Waals surface area contributed by atoms with Gasteiger partial charge in [0.05, 0.1) is 6.10 Å². The van der Waals surface area contributed by atoms with Crippen LogP contribution in [0.25, 0.3) is 0 Å². The average Bonchev–Trinajstić information content (AvgIpc) is 2.41. The van der Waals surface area contributed by atoms with Gasteiger partial charge >= 0.3 is 5.97 Å². The fraction of sp³-hybridized carbons (Fsp3) is 0.889. The zero-order valence-electron chi connectivity index (χ0n) is 7.57. The Labute approximate surface area is 77.2 Å². The van der Waals surface area contributed by atoms with Crippen molar-refractivity contribution >= 4 is 5.97 Å². The molecule has 0 amide bonds. The van der Waals surface area contributed by atoms with E-state index in [0.29, 0.717) is 19.4 Å². The quantitative estimate of drug-likeness (QED) is 0.599. The molecule has 2 heterocycles. The molecule has 4 heteroatoms. The Bertz CT molecular complexity index is 231. The third-order valence-electron chi connectivity index (χ3n) is 3.40. The summed E-state index contributed by atoms with van der Waals surface area (Å²) in [5.41, 5.74) is -0.865. The fourth-order valence-electron chi connectivity index (χ4n) is 2.48. The van der Waals surface area contributed by atoms with Crippen LogP contribution in [0.5, 0.6) is 0 Å². The molecule has 2 bridgehead atoms. The number of carboxylic acids is 1. The van der Waals surface area contributed by atoms with Crippen LogP contribution in [0.15, 0.2) is 0 Å². The van der Waals surface area contributed by atoms with Gasteiger partial charge in [-0.2, -0.15) is 0 Å². The molecule has 0 spiro atoms. The molecule has 2 rings (SSSR count). The first-order valence-electron chi connectivity index (χ1n) is 4.79. The summed E-state index contributed by atoms with van der Waals surface area (Å²) in [6.07, 6.45) is 1.49. The van der Waals surface area contributed by atoms with Gasteiger partial charge in [-0.15, -0.1) is 0 Å². The van der Waals surface area contributed by atoms with Crippen LogP contribution < -0.4 is 0 Å². The standard InChI is InChI=1S/C9H15NO3/c11-7-2-1-4-10-5-3-9(7,6-10)8(12)13/h7,11H,1-6H2,(H,12,13). The van der Waals surface area contributed by atoms with Crippen LogP contribution in [0.4, 0.5) is 0 Å². The van der Waals surface area contributed by atoms with E-state index in [4.69, 9.17) is 5.11 Å². The number of aliphatic hydroxyl groups excluding tert-OH is 1. The number of rotatable bonds is 1. The molecule has 0 radical (unpaired) electrons. The summed E-state index contributed by atoms with van der Waals surface area (Å²) in [6.45, 7) is 2.29. The van der Waals surface area contributed by atoms with Gasteiger partial charge in [-0.3, -0.25) is 4.79 Å². The summed E-state index contributed by atoms with van der Waals surface area (Å²) < 4.78 is 0. The molecule has 0 aromatic carbocycles. The van der Waals surface area contributed by atoms with E-state index in [9.17, 15) is 9.90 Å². The first-order chi connectivity index (χ1) is 6.15. The van der Waals surface area contributed by atoms with Gasteiger partial charge in [0.1, 0.15) is 5.41 Å². The Hall–Kier alpha value is -0.610. The summed E-state index contributed by atoms with van der Waals surface area (Å²) in [6, 6.07) is 0. The largest absolute Gasteiger partial charge is 0.481 e. The van der Waals surface area contributed by atoms with E-state index >= 15 is 0 Å². The molecule has 2 fully saturated rings. The molecule has 3 unspecified atom stereocenters. The third-order valence-corrected chi connectivity index (χ3v) is 3.40. The molecule has 13 heavy (non-hydrogen) atoms. The lowest BCUT2D eigenvalue weighted by atomic mass is 9.80. The summed E-state index contributed by atoms with van der Waals surface area (Å²) in [5, 5.41) is 18.9. The molecule has 2 N–H and O–H groups in total. The van der Waals surface area contributed by atoms with E-state index in [-0.39, 0.29) is 0 Å². The third kappa shape index (κ3) is 1.25. The normalized spacial score (nSPS) is 44.4. The average molecular weight is 185 g/mol. The molecular formula is C9H15NO3. The van der Waals surface area contributed by atoms with Crippen LogP contribution >= 0.6 is 0 Å².